The number of rotatable bonds is 5. The first-order valence-corrected chi connectivity index (χ1v) is 5.64. The van der Waals surface area contributed by atoms with Gasteiger partial charge in [-0.05, 0) is 18.6 Å². The molecule has 0 atom stereocenters. The summed E-state index contributed by atoms with van der Waals surface area (Å²) in [4.78, 5) is 8.79. The van der Waals surface area contributed by atoms with Crippen LogP contribution in [0.1, 0.15) is 6.42 Å². The summed E-state index contributed by atoms with van der Waals surface area (Å²) in [6.07, 6.45) is 0.686. The van der Waals surface area contributed by atoms with E-state index in [4.69, 9.17) is 5.11 Å². The smallest absolute Gasteiger partial charge is 0.225 e. The molecule has 2 aromatic rings. The molecule has 0 aliphatic heterocycles. The molecule has 3 N–H and O–H groups in total. The lowest BCUT2D eigenvalue weighted by Gasteiger charge is -2.09. The predicted molar refractivity (Wildman–Crippen MR) is 69.3 cm³/mol. The topological polar surface area (TPSA) is 70.1 Å². The second kappa shape index (κ2) is 5.45. The molecule has 0 aliphatic rings. The lowest BCUT2D eigenvalue weighted by Crippen LogP contribution is -2.08. The Morgan fingerprint density at radius 2 is 2.06 bits per heavy atom. The number of fused-ring (bicyclic) bond motifs is 1. The highest BCUT2D eigenvalue weighted by atomic mass is 16.3. The van der Waals surface area contributed by atoms with Crippen LogP contribution >= 0.6 is 0 Å². The van der Waals surface area contributed by atoms with Gasteiger partial charge < -0.3 is 15.7 Å². The maximum absolute atomic E-state index is 8.72. The van der Waals surface area contributed by atoms with Crippen LogP contribution in [0.25, 0.3) is 10.9 Å². The number of benzene rings is 1. The Bertz CT molecular complexity index is 501. The normalized spacial score (nSPS) is 10.5. The Labute approximate surface area is 99.9 Å². The van der Waals surface area contributed by atoms with Gasteiger partial charge >= 0.3 is 0 Å². The van der Waals surface area contributed by atoms with Crippen molar-refractivity contribution in [2.45, 2.75) is 6.42 Å². The first kappa shape index (κ1) is 11.6. The average molecular weight is 232 g/mol. The Kier molecular flexibility index (Phi) is 3.72. The molecule has 90 valence electrons. The summed E-state index contributed by atoms with van der Waals surface area (Å²) in [5.74, 6) is 1.39. The van der Waals surface area contributed by atoms with E-state index >= 15 is 0 Å². The van der Waals surface area contributed by atoms with Crippen LogP contribution in [0.4, 0.5) is 11.8 Å². The molecule has 0 spiro atoms. The highest BCUT2D eigenvalue weighted by molar-refractivity contribution is 5.89. The molecule has 0 saturated heterocycles. The molecule has 1 heterocycles. The molecule has 5 nitrogen and oxygen atoms in total. The molecular formula is C12H16N4O. The highest BCUT2D eigenvalue weighted by Crippen LogP contribution is 2.20. The SMILES string of the molecule is CNc1nc(NCCCO)nc2ccccc12. The van der Waals surface area contributed by atoms with Crippen molar-refractivity contribution in [3.05, 3.63) is 24.3 Å². The van der Waals surface area contributed by atoms with Crippen LogP contribution in [0, 0.1) is 0 Å². The molecule has 0 radical (unpaired) electrons. The second-order valence-electron chi connectivity index (χ2n) is 3.67. The average Bonchev–Trinajstić information content (AvgIpc) is 2.38. The van der Waals surface area contributed by atoms with Crippen molar-refractivity contribution in [3.63, 3.8) is 0 Å². The van der Waals surface area contributed by atoms with Crippen LogP contribution in [0.3, 0.4) is 0 Å². The number of hydrogen-bond donors (Lipinski definition) is 3. The van der Waals surface area contributed by atoms with E-state index in [-0.39, 0.29) is 6.61 Å². The van der Waals surface area contributed by atoms with Gasteiger partial charge in [-0.2, -0.15) is 4.98 Å². The Morgan fingerprint density at radius 3 is 2.82 bits per heavy atom. The van der Waals surface area contributed by atoms with Crippen LogP contribution in [0.2, 0.25) is 0 Å². The van der Waals surface area contributed by atoms with Crippen molar-refractivity contribution in [1.29, 1.82) is 0 Å². The molecule has 1 aromatic carbocycles. The van der Waals surface area contributed by atoms with E-state index in [2.05, 4.69) is 20.6 Å². The van der Waals surface area contributed by atoms with Crippen LogP contribution in [-0.4, -0.2) is 35.3 Å². The van der Waals surface area contributed by atoms with Gasteiger partial charge in [-0.1, -0.05) is 12.1 Å². The number of aromatic nitrogens is 2. The van der Waals surface area contributed by atoms with Crippen LogP contribution in [-0.2, 0) is 0 Å². The molecule has 0 unspecified atom stereocenters. The largest absolute Gasteiger partial charge is 0.396 e. The van der Waals surface area contributed by atoms with Gasteiger partial charge in [0.2, 0.25) is 5.95 Å². The fourth-order valence-corrected chi connectivity index (χ4v) is 1.63. The van der Waals surface area contributed by atoms with E-state index in [1.54, 1.807) is 0 Å². The van der Waals surface area contributed by atoms with Gasteiger partial charge in [0.05, 0.1) is 5.52 Å². The van der Waals surface area contributed by atoms with Crippen molar-refractivity contribution in [2.24, 2.45) is 0 Å². The van der Waals surface area contributed by atoms with E-state index in [1.165, 1.54) is 0 Å². The molecule has 0 bridgehead atoms. The summed E-state index contributed by atoms with van der Waals surface area (Å²) in [6, 6.07) is 7.85. The minimum Gasteiger partial charge on any atom is -0.396 e. The van der Waals surface area contributed by atoms with Crippen LogP contribution < -0.4 is 10.6 Å². The number of nitrogens with zero attached hydrogens (tertiary/aromatic N) is 2. The standard InChI is InChI=1S/C12H16N4O/c1-13-11-9-5-2-3-6-10(9)15-12(16-11)14-7-4-8-17/h2-3,5-6,17H,4,7-8H2,1H3,(H2,13,14,15,16). The van der Waals surface area contributed by atoms with Crippen LogP contribution in [0.15, 0.2) is 24.3 Å². The zero-order valence-electron chi connectivity index (χ0n) is 9.77. The lowest BCUT2D eigenvalue weighted by atomic mass is 10.2. The fraction of sp³-hybridized carbons (Fsp3) is 0.333. The first-order chi connectivity index (χ1) is 8.35. The summed E-state index contributed by atoms with van der Waals surface area (Å²) in [5.41, 5.74) is 0.901. The van der Waals surface area contributed by atoms with Crippen molar-refractivity contribution in [1.82, 2.24) is 9.97 Å². The van der Waals surface area contributed by atoms with Crippen molar-refractivity contribution >= 4 is 22.7 Å². The zero-order valence-corrected chi connectivity index (χ0v) is 9.77. The first-order valence-electron chi connectivity index (χ1n) is 5.64. The zero-order chi connectivity index (χ0) is 12.1. The Balaban J connectivity index is 2.32. The van der Waals surface area contributed by atoms with Gasteiger partial charge in [0.25, 0.3) is 0 Å². The highest BCUT2D eigenvalue weighted by Gasteiger charge is 2.05. The number of hydrogen-bond acceptors (Lipinski definition) is 5. The minimum absolute atomic E-state index is 0.166. The van der Waals surface area contributed by atoms with Gasteiger partial charge in [-0.3, -0.25) is 0 Å². The number of nitrogens with one attached hydrogen (secondary N) is 2. The van der Waals surface area contributed by atoms with Crippen molar-refractivity contribution in [2.75, 3.05) is 30.8 Å². The number of anilines is 2. The van der Waals surface area contributed by atoms with Gasteiger partial charge in [0, 0.05) is 25.6 Å². The summed E-state index contributed by atoms with van der Waals surface area (Å²) in [5, 5.41) is 15.9. The maximum Gasteiger partial charge on any atom is 0.225 e. The summed E-state index contributed by atoms with van der Waals surface area (Å²) in [6.45, 7) is 0.831. The summed E-state index contributed by atoms with van der Waals surface area (Å²) in [7, 11) is 1.84. The molecule has 1 aromatic heterocycles. The third-order valence-electron chi connectivity index (χ3n) is 2.46. The summed E-state index contributed by atoms with van der Waals surface area (Å²) < 4.78 is 0. The summed E-state index contributed by atoms with van der Waals surface area (Å²) >= 11 is 0. The second-order valence-corrected chi connectivity index (χ2v) is 3.67. The van der Waals surface area contributed by atoms with E-state index in [0.29, 0.717) is 18.9 Å². The molecule has 17 heavy (non-hydrogen) atoms. The fourth-order valence-electron chi connectivity index (χ4n) is 1.63. The third kappa shape index (κ3) is 2.62. The van der Waals surface area contributed by atoms with E-state index in [0.717, 1.165) is 16.7 Å². The molecular weight excluding hydrogens is 216 g/mol. The number of aliphatic hydroxyl groups excluding tert-OH is 1. The molecule has 0 aliphatic carbocycles. The number of para-hydroxylation sites is 1. The van der Waals surface area contributed by atoms with Crippen molar-refractivity contribution in [3.8, 4) is 0 Å². The quantitative estimate of drug-likeness (QED) is 0.681. The van der Waals surface area contributed by atoms with Gasteiger partial charge in [-0.25, -0.2) is 4.98 Å². The van der Waals surface area contributed by atoms with Gasteiger partial charge in [0.15, 0.2) is 0 Å². The van der Waals surface area contributed by atoms with Gasteiger partial charge in [0.1, 0.15) is 5.82 Å². The minimum atomic E-state index is 0.166. The predicted octanol–water partition coefficient (Wildman–Crippen LogP) is 1.47. The molecule has 5 heteroatoms. The Morgan fingerprint density at radius 1 is 1.24 bits per heavy atom. The van der Waals surface area contributed by atoms with Crippen molar-refractivity contribution < 1.29 is 5.11 Å². The number of aliphatic hydroxyl groups is 1. The monoisotopic (exact) mass is 232 g/mol. The van der Waals surface area contributed by atoms with Crippen LogP contribution in [0.5, 0.6) is 0 Å². The molecule has 0 amide bonds. The van der Waals surface area contributed by atoms with E-state index < -0.39 is 0 Å². The van der Waals surface area contributed by atoms with E-state index in [9.17, 15) is 0 Å². The Hall–Kier alpha value is -1.88. The molecule has 0 saturated carbocycles. The maximum atomic E-state index is 8.72. The molecule has 0 fully saturated rings. The van der Waals surface area contributed by atoms with E-state index in [1.807, 2.05) is 31.3 Å². The van der Waals surface area contributed by atoms with Gasteiger partial charge in [-0.15, -0.1) is 0 Å². The molecule has 2 rings (SSSR count). The third-order valence-corrected chi connectivity index (χ3v) is 2.46. The lowest BCUT2D eigenvalue weighted by molar-refractivity contribution is 0.292.